The van der Waals surface area contributed by atoms with E-state index < -0.39 is 17.4 Å². The van der Waals surface area contributed by atoms with Crippen LogP contribution in [-0.4, -0.2) is 30.0 Å². The highest BCUT2D eigenvalue weighted by molar-refractivity contribution is 6.07. The number of urea groups is 1. The van der Waals surface area contributed by atoms with Crippen LogP contribution in [0.2, 0.25) is 0 Å². The van der Waals surface area contributed by atoms with Crippen LogP contribution in [0.1, 0.15) is 18.1 Å². The fourth-order valence-electron chi connectivity index (χ4n) is 2.79. The highest BCUT2D eigenvalue weighted by Gasteiger charge is 2.48. The number of carbonyl (C=O) groups is 2. The number of amides is 3. The number of hydrogen-bond acceptors (Lipinski definition) is 3. The quantitative estimate of drug-likeness (QED) is 0.850. The maximum Gasteiger partial charge on any atom is 0.325 e. The van der Waals surface area contributed by atoms with E-state index in [-0.39, 0.29) is 24.8 Å². The molecule has 0 saturated carbocycles. The highest BCUT2D eigenvalue weighted by atomic mass is 19.1. The molecule has 2 aromatic carbocycles. The van der Waals surface area contributed by atoms with E-state index >= 15 is 0 Å². The highest BCUT2D eigenvalue weighted by Crippen LogP contribution is 2.29. The molecule has 2 aromatic rings. The fourth-order valence-corrected chi connectivity index (χ4v) is 2.79. The average molecular weight is 342 g/mol. The predicted molar refractivity (Wildman–Crippen MR) is 90.7 cm³/mol. The Balaban J connectivity index is 1.69. The van der Waals surface area contributed by atoms with Crippen molar-refractivity contribution in [2.75, 3.05) is 13.2 Å². The summed E-state index contributed by atoms with van der Waals surface area (Å²) >= 11 is 0. The Kier molecular flexibility index (Phi) is 4.44. The number of carbonyl (C=O) groups excluding carboxylic acids is 2. The van der Waals surface area contributed by atoms with E-state index in [1.165, 1.54) is 12.1 Å². The van der Waals surface area contributed by atoms with E-state index in [0.29, 0.717) is 5.56 Å². The Morgan fingerprint density at radius 2 is 1.80 bits per heavy atom. The van der Waals surface area contributed by atoms with Gasteiger partial charge in [-0.15, -0.1) is 0 Å². The second-order valence-corrected chi connectivity index (χ2v) is 6.16. The monoisotopic (exact) mass is 342 g/mol. The van der Waals surface area contributed by atoms with Gasteiger partial charge in [0.25, 0.3) is 5.91 Å². The number of aryl methyl sites for hydroxylation is 1. The molecule has 0 aliphatic carbocycles. The zero-order valence-electron chi connectivity index (χ0n) is 14.1. The minimum absolute atomic E-state index is 0.0179. The SMILES string of the molecule is Cc1ccc(C2(C)NC(=O)N(CCOc3ccccc3F)C2=O)cc1. The van der Waals surface area contributed by atoms with Gasteiger partial charge in [0.05, 0.1) is 6.54 Å². The van der Waals surface area contributed by atoms with Gasteiger partial charge in [0.1, 0.15) is 12.1 Å². The van der Waals surface area contributed by atoms with Crippen LogP contribution in [0, 0.1) is 12.7 Å². The molecular weight excluding hydrogens is 323 g/mol. The van der Waals surface area contributed by atoms with Crippen molar-refractivity contribution >= 4 is 11.9 Å². The first-order chi connectivity index (χ1) is 11.9. The number of hydrogen-bond donors (Lipinski definition) is 1. The fraction of sp³-hybridized carbons (Fsp3) is 0.263. The molecule has 0 aromatic heterocycles. The molecule has 0 spiro atoms. The maximum absolute atomic E-state index is 13.5. The third kappa shape index (κ3) is 3.20. The maximum atomic E-state index is 13.5. The summed E-state index contributed by atoms with van der Waals surface area (Å²) in [5, 5.41) is 2.73. The molecule has 1 saturated heterocycles. The Hall–Kier alpha value is -2.89. The third-order valence-electron chi connectivity index (χ3n) is 4.31. The Morgan fingerprint density at radius 1 is 1.12 bits per heavy atom. The summed E-state index contributed by atoms with van der Waals surface area (Å²) in [6.07, 6.45) is 0. The van der Waals surface area contributed by atoms with Crippen molar-refractivity contribution in [3.05, 3.63) is 65.5 Å². The molecule has 1 aliphatic rings. The number of benzene rings is 2. The van der Waals surface area contributed by atoms with Gasteiger partial charge in [-0.3, -0.25) is 9.69 Å². The minimum Gasteiger partial charge on any atom is -0.489 e. The van der Waals surface area contributed by atoms with Gasteiger partial charge < -0.3 is 10.1 Å². The Morgan fingerprint density at radius 3 is 2.48 bits per heavy atom. The number of rotatable bonds is 5. The van der Waals surface area contributed by atoms with Crippen LogP contribution in [0.5, 0.6) is 5.75 Å². The van der Waals surface area contributed by atoms with Gasteiger partial charge in [0.2, 0.25) is 0 Å². The normalized spacial score (nSPS) is 19.9. The van der Waals surface area contributed by atoms with Crippen LogP contribution in [0.4, 0.5) is 9.18 Å². The summed E-state index contributed by atoms with van der Waals surface area (Å²) in [5.74, 6) is -0.737. The molecule has 3 amide bonds. The van der Waals surface area contributed by atoms with Crippen LogP contribution in [0.3, 0.4) is 0 Å². The first-order valence-electron chi connectivity index (χ1n) is 8.00. The lowest BCUT2D eigenvalue weighted by atomic mass is 9.91. The summed E-state index contributed by atoms with van der Waals surface area (Å²) in [6.45, 7) is 3.69. The summed E-state index contributed by atoms with van der Waals surface area (Å²) in [7, 11) is 0. The van der Waals surface area contributed by atoms with Crippen molar-refractivity contribution in [2.45, 2.75) is 19.4 Å². The second-order valence-electron chi connectivity index (χ2n) is 6.16. The van der Waals surface area contributed by atoms with Crippen molar-refractivity contribution in [1.82, 2.24) is 10.2 Å². The number of imide groups is 1. The predicted octanol–water partition coefficient (Wildman–Crippen LogP) is 2.98. The molecule has 1 aliphatic heterocycles. The molecule has 25 heavy (non-hydrogen) atoms. The van der Waals surface area contributed by atoms with Crippen molar-refractivity contribution in [1.29, 1.82) is 0 Å². The number of halogens is 1. The van der Waals surface area contributed by atoms with E-state index in [0.717, 1.165) is 10.5 Å². The molecule has 1 unspecified atom stereocenters. The second kappa shape index (κ2) is 6.55. The van der Waals surface area contributed by atoms with Crippen LogP contribution in [0.25, 0.3) is 0 Å². The summed E-state index contributed by atoms with van der Waals surface area (Å²) < 4.78 is 18.9. The molecule has 1 N–H and O–H groups in total. The third-order valence-corrected chi connectivity index (χ3v) is 4.31. The van der Waals surface area contributed by atoms with Crippen LogP contribution >= 0.6 is 0 Å². The van der Waals surface area contributed by atoms with Crippen LogP contribution in [0.15, 0.2) is 48.5 Å². The molecule has 0 radical (unpaired) electrons. The standard InChI is InChI=1S/C19H19FN2O3/c1-13-7-9-14(10-8-13)19(2)17(23)22(18(24)21-19)11-12-25-16-6-4-3-5-15(16)20/h3-10H,11-12H2,1-2H3,(H,21,24). The molecule has 1 fully saturated rings. The Bertz CT molecular complexity index is 807. The molecule has 5 nitrogen and oxygen atoms in total. The zero-order chi connectivity index (χ0) is 18.0. The average Bonchev–Trinajstić information content (AvgIpc) is 2.81. The number of ether oxygens (including phenoxy) is 1. The molecule has 6 heteroatoms. The smallest absolute Gasteiger partial charge is 0.325 e. The van der Waals surface area contributed by atoms with Gasteiger partial charge >= 0.3 is 6.03 Å². The summed E-state index contributed by atoms with van der Waals surface area (Å²) in [5.41, 5.74) is 0.677. The molecule has 1 heterocycles. The topological polar surface area (TPSA) is 58.6 Å². The molecular formula is C19H19FN2O3. The molecule has 0 bridgehead atoms. The van der Waals surface area contributed by atoms with Crippen molar-refractivity contribution in [3.8, 4) is 5.75 Å². The minimum atomic E-state index is -1.11. The largest absolute Gasteiger partial charge is 0.489 e. The summed E-state index contributed by atoms with van der Waals surface area (Å²) in [4.78, 5) is 26.1. The number of nitrogens with one attached hydrogen (secondary N) is 1. The van der Waals surface area contributed by atoms with Crippen molar-refractivity contribution in [3.63, 3.8) is 0 Å². The number of nitrogens with zero attached hydrogens (tertiary/aromatic N) is 1. The van der Waals surface area contributed by atoms with E-state index in [1.807, 2.05) is 31.2 Å². The van der Waals surface area contributed by atoms with Gasteiger partial charge in [-0.25, -0.2) is 9.18 Å². The van der Waals surface area contributed by atoms with Gasteiger partial charge in [-0.05, 0) is 31.5 Å². The molecule has 1 atom stereocenters. The van der Waals surface area contributed by atoms with E-state index in [1.54, 1.807) is 19.1 Å². The first kappa shape index (κ1) is 17.0. The van der Waals surface area contributed by atoms with E-state index in [2.05, 4.69) is 5.32 Å². The summed E-state index contributed by atoms with van der Waals surface area (Å²) in [6, 6.07) is 13.0. The Labute approximate surface area is 145 Å². The van der Waals surface area contributed by atoms with Gasteiger partial charge in [0, 0.05) is 0 Å². The van der Waals surface area contributed by atoms with E-state index in [4.69, 9.17) is 4.74 Å². The zero-order valence-corrected chi connectivity index (χ0v) is 14.1. The van der Waals surface area contributed by atoms with Gasteiger partial charge in [0.15, 0.2) is 11.6 Å². The molecule has 3 rings (SSSR count). The van der Waals surface area contributed by atoms with Crippen LogP contribution < -0.4 is 10.1 Å². The van der Waals surface area contributed by atoms with Crippen molar-refractivity contribution < 1.29 is 18.7 Å². The molecule has 130 valence electrons. The lowest BCUT2D eigenvalue weighted by Crippen LogP contribution is -2.41. The van der Waals surface area contributed by atoms with Crippen LogP contribution in [-0.2, 0) is 10.3 Å². The van der Waals surface area contributed by atoms with Gasteiger partial charge in [-0.2, -0.15) is 0 Å². The number of para-hydroxylation sites is 1. The van der Waals surface area contributed by atoms with E-state index in [9.17, 15) is 14.0 Å². The van der Waals surface area contributed by atoms with Gasteiger partial charge in [-0.1, -0.05) is 42.0 Å². The first-order valence-corrected chi connectivity index (χ1v) is 8.00. The lowest BCUT2D eigenvalue weighted by molar-refractivity contribution is -0.131. The van der Waals surface area contributed by atoms with Crippen molar-refractivity contribution in [2.24, 2.45) is 0 Å². The lowest BCUT2D eigenvalue weighted by Gasteiger charge is -2.22.